The molecule has 3 rings (SSSR count). The first-order valence-corrected chi connectivity index (χ1v) is 6.80. The minimum absolute atomic E-state index is 0.494. The summed E-state index contributed by atoms with van der Waals surface area (Å²) < 4.78 is 6.61. The topological polar surface area (TPSA) is 13.1 Å². The molecule has 0 aliphatic rings. The molecule has 0 unspecified atom stereocenters. The van der Waals surface area contributed by atoms with Crippen LogP contribution in [0.4, 0.5) is 0 Å². The minimum Gasteiger partial charge on any atom is -0.456 e. The van der Waals surface area contributed by atoms with E-state index in [1.54, 1.807) is 12.1 Å². The Labute approximate surface area is 125 Å². The number of fused-ring (bicyclic) bond motifs is 1. The van der Waals surface area contributed by atoms with Crippen molar-refractivity contribution in [1.29, 1.82) is 0 Å². The number of hydrogen-bond donors (Lipinski definition) is 0. The summed E-state index contributed by atoms with van der Waals surface area (Å²) in [5.41, 5.74) is 1.61. The Morgan fingerprint density at radius 3 is 2.47 bits per heavy atom. The lowest BCUT2D eigenvalue weighted by atomic mass is 10.1. The van der Waals surface area contributed by atoms with Crippen LogP contribution in [0.2, 0.25) is 10.0 Å². The summed E-state index contributed by atoms with van der Waals surface area (Å²) in [6.45, 7) is 0. The molecule has 0 amide bonds. The van der Waals surface area contributed by atoms with Crippen molar-refractivity contribution >= 4 is 46.4 Å². The van der Waals surface area contributed by atoms with Crippen molar-refractivity contribution in [2.24, 2.45) is 0 Å². The van der Waals surface area contributed by atoms with Crippen LogP contribution in [0.25, 0.3) is 22.3 Å². The fourth-order valence-electron chi connectivity index (χ4n) is 1.90. The van der Waals surface area contributed by atoms with Gasteiger partial charge in [0.15, 0.2) is 0 Å². The summed E-state index contributed by atoms with van der Waals surface area (Å²) >= 11 is 17.3. The van der Waals surface area contributed by atoms with E-state index >= 15 is 0 Å². The van der Waals surface area contributed by atoms with E-state index in [9.17, 15) is 0 Å². The second-order valence-corrected chi connectivity index (χ2v) is 5.35. The highest BCUT2D eigenvalue weighted by atomic mass is 35.5. The van der Waals surface area contributed by atoms with E-state index in [4.69, 9.17) is 39.8 Å². The second-order valence-electron chi connectivity index (χ2n) is 4.10. The van der Waals surface area contributed by atoms with Crippen LogP contribution in [0.3, 0.4) is 0 Å². The quantitative estimate of drug-likeness (QED) is 0.501. The van der Waals surface area contributed by atoms with Crippen molar-refractivity contribution in [3.05, 3.63) is 63.1 Å². The molecule has 0 aliphatic heterocycles. The molecule has 2 aromatic carbocycles. The molecular weight excluding hydrogens is 299 g/mol. The number of hydrogen-bond acceptors (Lipinski definition) is 2. The third kappa shape index (κ3) is 2.39. The third-order valence-corrected chi connectivity index (χ3v) is 3.92. The molecule has 0 bridgehead atoms. The van der Waals surface area contributed by atoms with Gasteiger partial charge in [-0.05, 0) is 30.3 Å². The molecule has 0 atom stereocenters. The maximum Gasteiger partial charge on any atom is 0.136 e. The Bertz CT molecular complexity index is 824. The van der Waals surface area contributed by atoms with Crippen molar-refractivity contribution in [1.82, 2.24) is 0 Å². The third-order valence-electron chi connectivity index (χ3n) is 2.84. The lowest BCUT2D eigenvalue weighted by molar-refractivity contribution is 0.619. The van der Waals surface area contributed by atoms with Crippen LogP contribution in [0.1, 0.15) is 0 Å². The Hall–Kier alpha value is -1.35. The molecule has 1 heterocycles. The largest absolute Gasteiger partial charge is 0.456 e. The molecule has 4 heteroatoms. The first-order valence-electron chi connectivity index (χ1n) is 5.63. The van der Waals surface area contributed by atoms with E-state index < -0.39 is 0 Å². The zero-order valence-electron chi connectivity index (χ0n) is 9.69. The smallest absolute Gasteiger partial charge is 0.136 e. The molecule has 1 aromatic heterocycles. The van der Waals surface area contributed by atoms with Gasteiger partial charge < -0.3 is 4.42 Å². The number of rotatable bonds is 1. The molecule has 0 aliphatic carbocycles. The molecule has 0 saturated carbocycles. The highest BCUT2D eigenvalue weighted by molar-refractivity contribution is 7.71. The minimum atomic E-state index is 0.494. The van der Waals surface area contributed by atoms with Crippen LogP contribution in [0, 0.1) is 4.51 Å². The summed E-state index contributed by atoms with van der Waals surface area (Å²) in [6.07, 6.45) is 0. The van der Waals surface area contributed by atoms with Gasteiger partial charge in [-0.15, -0.1) is 0 Å². The average molecular weight is 307 g/mol. The van der Waals surface area contributed by atoms with Gasteiger partial charge >= 0.3 is 0 Å². The Morgan fingerprint density at radius 2 is 1.68 bits per heavy atom. The number of para-hydroxylation sites is 1. The highest BCUT2D eigenvalue weighted by Crippen LogP contribution is 2.30. The van der Waals surface area contributed by atoms with Crippen LogP contribution < -0.4 is 0 Å². The van der Waals surface area contributed by atoms with Crippen LogP contribution in [-0.4, -0.2) is 0 Å². The average Bonchev–Trinajstić information content (AvgIpc) is 2.42. The van der Waals surface area contributed by atoms with Crippen LogP contribution in [-0.2, 0) is 0 Å². The predicted molar refractivity (Wildman–Crippen MR) is 82.5 cm³/mol. The first kappa shape index (κ1) is 12.7. The summed E-state index contributed by atoms with van der Waals surface area (Å²) in [5.74, 6) is 0.683. The maximum atomic E-state index is 6.02. The van der Waals surface area contributed by atoms with Crippen molar-refractivity contribution in [3.8, 4) is 11.3 Å². The van der Waals surface area contributed by atoms with Gasteiger partial charge in [0.05, 0.1) is 14.6 Å². The van der Waals surface area contributed by atoms with Gasteiger partial charge in [-0.2, -0.15) is 0 Å². The molecule has 3 aromatic rings. The van der Waals surface area contributed by atoms with Gasteiger partial charge in [0, 0.05) is 17.0 Å². The molecule has 94 valence electrons. The first-order chi connectivity index (χ1) is 9.15. The number of halogens is 2. The predicted octanol–water partition coefficient (Wildman–Crippen LogP) is 6.14. The summed E-state index contributed by atoms with van der Waals surface area (Å²) in [6, 6.07) is 14.9. The zero-order valence-corrected chi connectivity index (χ0v) is 12.0. The number of benzene rings is 2. The standard InChI is InChI=1S/C15H8Cl2OS/c16-11-6-5-9(7-12(11)17)14-8-15(19)10-3-1-2-4-13(10)18-14/h1-8H. The van der Waals surface area contributed by atoms with E-state index in [2.05, 4.69) is 0 Å². The summed E-state index contributed by atoms with van der Waals surface area (Å²) in [5, 5.41) is 1.94. The molecule has 0 fully saturated rings. The Balaban J connectivity index is 2.25. The highest BCUT2D eigenvalue weighted by Gasteiger charge is 2.06. The van der Waals surface area contributed by atoms with Gasteiger partial charge in [-0.25, -0.2) is 0 Å². The second kappa shape index (κ2) is 4.97. The fraction of sp³-hybridized carbons (Fsp3) is 0. The van der Waals surface area contributed by atoms with Crippen molar-refractivity contribution in [2.45, 2.75) is 0 Å². The maximum absolute atomic E-state index is 6.02. The van der Waals surface area contributed by atoms with Gasteiger partial charge in [0.25, 0.3) is 0 Å². The van der Waals surface area contributed by atoms with E-state index in [0.29, 0.717) is 15.8 Å². The van der Waals surface area contributed by atoms with Gasteiger partial charge in [-0.1, -0.05) is 47.6 Å². The lowest BCUT2D eigenvalue weighted by Gasteiger charge is -2.05. The fourth-order valence-corrected chi connectivity index (χ4v) is 2.47. The molecule has 0 N–H and O–H groups in total. The SMILES string of the molecule is S=c1cc(-c2ccc(Cl)c(Cl)c2)oc2ccccc12. The van der Waals surface area contributed by atoms with Crippen LogP contribution in [0.5, 0.6) is 0 Å². The van der Waals surface area contributed by atoms with E-state index in [-0.39, 0.29) is 0 Å². The van der Waals surface area contributed by atoms with Crippen molar-refractivity contribution < 1.29 is 4.42 Å². The molecule has 0 saturated heterocycles. The summed E-state index contributed by atoms with van der Waals surface area (Å²) in [4.78, 5) is 0. The zero-order chi connectivity index (χ0) is 13.4. The lowest BCUT2D eigenvalue weighted by Crippen LogP contribution is -1.81. The van der Waals surface area contributed by atoms with Gasteiger partial charge in [0.1, 0.15) is 11.3 Å². The Kier molecular flexibility index (Phi) is 3.31. The monoisotopic (exact) mass is 306 g/mol. The van der Waals surface area contributed by atoms with Gasteiger partial charge in [-0.3, -0.25) is 0 Å². The van der Waals surface area contributed by atoms with E-state index in [1.165, 1.54) is 0 Å². The van der Waals surface area contributed by atoms with Crippen LogP contribution >= 0.6 is 35.4 Å². The molecular formula is C15H8Cl2OS. The van der Waals surface area contributed by atoms with E-state index in [1.807, 2.05) is 36.4 Å². The van der Waals surface area contributed by atoms with Crippen molar-refractivity contribution in [3.63, 3.8) is 0 Å². The molecule has 0 spiro atoms. The molecule has 0 radical (unpaired) electrons. The van der Waals surface area contributed by atoms with Crippen molar-refractivity contribution in [2.75, 3.05) is 0 Å². The van der Waals surface area contributed by atoms with E-state index in [0.717, 1.165) is 21.0 Å². The van der Waals surface area contributed by atoms with Crippen LogP contribution in [0.15, 0.2) is 52.9 Å². The summed E-state index contributed by atoms with van der Waals surface area (Å²) in [7, 11) is 0. The molecule has 19 heavy (non-hydrogen) atoms. The Morgan fingerprint density at radius 1 is 0.895 bits per heavy atom. The molecule has 1 nitrogen and oxygen atoms in total. The normalized spacial score (nSPS) is 10.8. The van der Waals surface area contributed by atoms with Gasteiger partial charge in [0.2, 0.25) is 0 Å².